The third-order valence-electron chi connectivity index (χ3n) is 3.66. The van der Waals surface area contributed by atoms with Crippen LogP contribution in [-0.4, -0.2) is 24.3 Å². The molecule has 0 saturated heterocycles. The van der Waals surface area contributed by atoms with E-state index in [1.807, 2.05) is 18.2 Å². The van der Waals surface area contributed by atoms with E-state index in [1.54, 1.807) is 0 Å². The zero-order chi connectivity index (χ0) is 16.5. The predicted molar refractivity (Wildman–Crippen MR) is 92.8 cm³/mol. The second-order valence-electron chi connectivity index (χ2n) is 5.76. The normalized spacial score (nSPS) is 13.0. The highest BCUT2D eigenvalue weighted by atomic mass is 16.5. The Hall–Kier alpha value is -1.09. The number of carbonyl (C=O) groups excluding carboxylic acids is 1. The summed E-state index contributed by atoms with van der Waals surface area (Å²) in [5.41, 5.74) is 0. The van der Waals surface area contributed by atoms with Crippen LogP contribution in [0.5, 0.6) is 0 Å². The maximum Gasteiger partial charge on any atom is 0.305 e. The average Bonchev–Trinajstić information content (AvgIpc) is 2.52. The Balaban J connectivity index is 3.41. The van der Waals surface area contributed by atoms with Crippen LogP contribution in [0.2, 0.25) is 0 Å². The van der Waals surface area contributed by atoms with Crippen LogP contribution < -0.4 is 0 Å². The van der Waals surface area contributed by atoms with E-state index >= 15 is 0 Å². The summed E-state index contributed by atoms with van der Waals surface area (Å²) in [4.78, 5) is 10.9. The van der Waals surface area contributed by atoms with Gasteiger partial charge in [-0.3, -0.25) is 4.79 Å². The number of methoxy groups -OCH3 is 1. The minimum absolute atomic E-state index is 0.122. The lowest BCUT2D eigenvalue weighted by Crippen LogP contribution is -2.01. The van der Waals surface area contributed by atoms with Crippen molar-refractivity contribution in [3.63, 3.8) is 0 Å². The molecule has 1 unspecified atom stereocenters. The number of aliphatic hydroxyl groups excluding tert-OH is 1. The van der Waals surface area contributed by atoms with Crippen LogP contribution in [0, 0.1) is 0 Å². The third kappa shape index (κ3) is 15.3. The second kappa shape index (κ2) is 16.3. The quantitative estimate of drug-likeness (QED) is 0.281. The fourth-order valence-electron chi connectivity index (χ4n) is 2.23. The lowest BCUT2D eigenvalue weighted by molar-refractivity contribution is -0.140. The Morgan fingerprint density at radius 2 is 1.77 bits per heavy atom. The number of aliphatic hydroxyl groups is 1. The zero-order valence-corrected chi connectivity index (χ0v) is 14.4. The van der Waals surface area contributed by atoms with Gasteiger partial charge in [-0.1, -0.05) is 69.8 Å². The molecule has 3 nitrogen and oxygen atoms in total. The van der Waals surface area contributed by atoms with Crippen molar-refractivity contribution in [3.8, 4) is 0 Å². The standard InChI is InChI=1S/C19H34O3/c1-3-4-5-6-7-9-12-15-18(20)16-13-10-8-11-14-17-19(21)22-2/h7,9,12,15,18,20H,3-6,8,10-11,13-14,16-17H2,1-2H3. The van der Waals surface area contributed by atoms with E-state index in [9.17, 15) is 9.90 Å². The molecule has 0 bridgehead atoms. The van der Waals surface area contributed by atoms with Gasteiger partial charge in [-0.05, 0) is 25.7 Å². The Morgan fingerprint density at radius 3 is 2.50 bits per heavy atom. The number of hydrogen-bond acceptors (Lipinski definition) is 3. The van der Waals surface area contributed by atoms with E-state index in [0.29, 0.717) is 6.42 Å². The topological polar surface area (TPSA) is 46.5 Å². The molecule has 0 heterocycles. The van der Waals surface area contributed by atoms with Crippen LogP contribution in [0.25, 0.3) is 0 Å². The summed E-state index contributed by atoms with van der Waals surface area (Å²) in [6.45, 7) is 2.21. The number of hydrogen-bond donors (Lipinski definition) is 1. The largest absolute Gasteiger partial charge is 0.469 e. The molecular weight excluding hydrogens is 276 g/mol. The molecule has 0 aromatic carbocycles. The molecule has 1 N–H and O–H groups in total. The summed E-state index contributed by atoms with van der Waals surface area (Å²) in [5, 5.41) is 9.82. The van der Waals surface area contributed by atoms with Crippen molar-refractivity contribution < 1.29 is 14.6 Å². The van der Waals surface area contributed by atoms with Gasteiger partial charge in [0.05, 0.1) is 13.2 Å². The van der Waals surface area contributed by atoms with Crippen LogP contribution in [0.4, 0.5) is 0 Å². The summed E-state index contributed by atoms with van der Waals surface area (Å²) in [6.07, 6.45) is 19.2. The Kier molecular flexibility index (Phi) is 15.5. The van der Waals surface area contributed by atoms with E-state index in [-0.39, 0.29) is 12.1 Å². The van der Waals surface area contributed by atoms with E-state index in [2.05, 4.69) is 17.7 Å². The van der Waals surface area contributed by atoms with Crippen LogP contribution >= 0.6 is 0 Å². The highest BCUT2D eigenvalue weighted by Gasteiger charge is 2.00. The molecule has 0 aromatic heterocycles. The summed E-state index contributed by atoms with van der Waals surface area (Å²) in [7, 11) is 1.43. The summed E-state index contributed by atoms with van der Waals surface area (Å²) in [6, 6.07) is 0. The minimum atomic E-state index is -0.338. The van der Waals surface area contributed by atoms with Gasteiger partial charge in [0.1, 0.15) is 0 Å². The predicted octanol–water partition coefficient (Wildman–Crippen LogP) is 4.94. The molecule has 0 rings (SSSR count). The number of esters is 1. The Labute approximate surface area is 136 Å². The molecular formula is C19H34O3. The lowest BCUT2D eigenvalue weighted by atomic mass is 10.1. The molecule has 0 amide bonds. The van der Waals surface area contributed by atoms with Gasteiger partial charge in [0.2, 0.25) is 0 Å². The SMILES string of the molecule is CCCCCC=CC=CC(O)CCCCCCCC(=O)OC. The first-order valence-electron chi connectivity index (χ1n) is 8.79. The van der Waals surface area contributed by atoms with Gasteiger partial charge in [-0.2, -0.15) is 0 Å². The number of carbonyl (C=O) groups is 1. The van der Waals surface area contributed by atoms with E-state index in [4.69, 9.17) is 0 Å². The third-order valence-corrected chi connectivity index (χ3v) is 3.66. The van der Waals surface area contributed by atoms with Crippen molar-refractivity contribution in [2.24, 2.45) is 0 Å². The van der Waals surface area contributed by atoms with Crippen LogP contribution in [0.15, 0.2) is 24.3 Å². The summed E-state index contributed by atoms with van der Waals surface area (Å²) >= 11 is 0. The molecule has 0 aromatic rings. The second-order valence-corrected chi connectivity index (χ2v) is 5.76. The van der Waals surface area contributed by atoms with Crippen molar-refractivity contribution in [1.82, 2.24) is 0 Å². The minimum Gasteiger partial charge on any atom is -0.469 e. The Bertz CT molecular complexity index is 308. The molecule has 0 saturated carbocycles. The summed E-state index contributed by atoms with van der Waals surface area (Å²) < 4.78 is 4.60. The van der Waals surface area contributed by atoms with Gasteiger partial charge in [0, 0.05) is 6.42 Å². The first-order chi connectivity index (χ1) is 10.7. The number of ether oxygens (including phenoxy) is 1. The molecule has 22 heavy (non-hydrogen) atoms. The van der Waals surface area contributed by atoms with Crippen LogP contribution in [-0.2, 0) is 9.53 Å². The Morgan fingerprint density at radius 1 is 1.05 bits per heavy atom. The van der Waals surface area contributed by atoms with Gasteiger partial charge >= 0.3 is 5.97 Å². The molecule has 0 aliphatic rings. The van der Waals surface area contributed by atoms with Crippen LogP contribution in [0.3, 0.4) is 0 Å². The number of rotatable bonds is 14. The van der Waals surface area contributed by atoms with Gasteiger partial charge in [-0.25, -0.2) is 0 Å². The number of allylic oxidation sites excluding steroid dienone is 3. The first-order valence-corrected chi connectivity index (χ1v) is 8.79. The molecule has 3 heteroatoms. The van der Waals surface area contributed by atoms with Crippen molar-refractivity contribution in [1.29, 1.82) is 0 Å². The van der Waals surface area contributed by atoms with E-state index in [1.165, 1.54) is 26.4 Å². The molecule has 1 atom stereocenters. The first kappa shape index (κ1) is 20.9. The van der Waals surface area contributed by atoms with E-state index in [0.717, 1.165) is 44.9 Å². The number of unbranched alkanes of at least 4 members (excludes halogenated alkanes) is 7. The fraction of sp³-hybridized carbons (Fsp3) is 0.737. The maximum absolute atomic E-state index is 10.9. The highest BCUT2D eigenvalue weighted by Crippen LogP contribution is 2.10. The van der Waals surface area contributed by atoms with Crippen molar-refractivity contribution in [2.45, 2.75) is 83.7 Å². The molecule has 0 aliphatic carbocycles. The molecule has 0 fully saturated rings. The fourth-order valence-corrected chi connectivity index (χ4v) is 2.23. The van der Waals surface area contributed by atoms with Crippen LogP contribution in [0.1, 0.15) is 77.6 Å². The molecule has 128 valence electrons. The van der Waals surface area contributed by atoms with Crippen molar-refractivity contribution in [3.05, 3.63) is 24.3 Å². The average molecular weight is 310 g/mol. The van der Waals surface area contributed by atoms with E-state index < -0.39 is 0 Å². The highest BCUT2D eigenvalue weighted by molar-refractivity contribution is 5.68. The smallest absolute Gasteiger partial charge is 0.305 e. The monoisotopic (exact) mass is 310 g/mol. The van der Waals surface area contributed by atoms with Gasteiger partial charge in [0.15, 0.2) is 0 Å². The van der Waals surface area contributed by atoms with Crippen molar-refractivity contribution >= 4 is 5.97 Å². The van der Waals surface area contributed by atoms with Gasteiger partial charge < -0.3 is 9.84 Å². The molecule has 0 spiro atoms. The zero-order valence-electron chi connectivity index (χ0n) is 14.4. The summed E-state index contributed by atoms with van der Waals surface area (Å²) in [5.74, 6) is -0.122. The maximum atomic E-state index is 10.9. The molecule has 0 aliphatic heterocycles. The lowest BCUT2D eigenvalue weighted by Gasteiger charge is -2.05. The van der Waals surface area contributed by atoms with Gasteiger partial charge in [0.25, 0.3) is 0 Å². The molecule has 0 radical (unpaired) electrons. The van der Waals surface area contributed by atoms with Gasteiger partial charge in [-0.15, -0.1) is 0 Å². The van der Waals surface area contributed by atoms with Crippen molar-refractivity contribution in [2.75, 3.05) is 7.11 Å².